The van der Waals surface area contributed by atoms with Gasteiger partial charge in [-0.05, 0) is 48.4 Å². The lowest BCUT2D eigenvalue weighted by atomic mass is 9.99. The minimum Gasteiger partial charge on any atom is -0.497 e. The zero-order valence-corrected chi connectivity index (χ0v) is 12.0. The normalized spacial score (nSPS) is 13.4. The molecule has 1 amide bonds. The molecule has 0 aliphatic carbocycles. The number of rotatable bonds is 3. The third-order valence-corrected chi connectivity index (χ3v) is 3.72. The fourth-order valence-corrected chi connectivity index (χ4v) is 2.61. The van der Waals surface area contributed by atoms with Crippen LogP contribution in [0.4, 0.5) is 5.69 Å². The zero-order valence-electron chi connectivity index (χ0n) is 12.0. The first-order chi connectivity index (χ1) is 10.3. The number of hydrogen-bond acceptors (Lipinski definition) is 3. The summed E-state index contributed by atoms with van der Waals surface area (Å²) in [6, 6.07) is 13.2. The Bertz CT molecular complexity index is 668. The van der Waals surface area contributed by atoms with Crippen molar-refractivity contribution in [2.75, 3.05) is 19.0 Å². The van der Waals surface area contributed by atoms with Crippen molar-refractivity contribution in [2.45, 2.75) is 13.0 Å². The highest BCUT2D eigenvalue weighted by Crippen LogP contribution is 2.24. The van der Waals surface area contributed by atoms with Crippen LogP contribution in [0.3, 0.4) is 0 Å². The molecule has 0 aromatic heterocycles. The summed E-state index contributed by atoms with van der Waals surface area (Å²) >= 11 is 0. The standard InChI is InChI=1S/C17H18N2O2/c1-21-14-6-2-4-12(10-14)17(20)19-16-7-3-5-13-11-18-9-8-15(13)16/h2-7,10,18H,8-9,11H2,1H3,(H,19,20). The van der Waals surface area contributed by atoms with Gasteiger partial charge in [0.2, 0.25) is 0 Å². The van der Waals surface area contributed by atoms with Crippen molar-refractivity contribution < 1.29 is 9.53 Å². The second-order valence-corrected chi connectivity index (χ2v) is 5.06. The van der Waals surface area contributed by atoms with Gasteiger partial charge in [0.05, 0.1) is 7.11 Å². The number of benzene rings is 2. The Labute approximate surface area is 124 Å². The van der Waals surface area contributed by atoms with Crippen LogP contribution in [0.5, 0.6) is 5.75 Å². The Kier molecular flexibility index (Phi) is 3.88. The highest BCUT2D eigenvalue weighted by Gasteiger charge is 2.15. The number of carbonyl (C=O) groups excluding carboxylic acids is 1. The second-order valence-electron chi connectivity index (χ2n) is 5.06. The number of nitrogens with one attached hydrogen (secondary N) is 2. The van der Waals surface area contributed by atoms with E-state index in [2.05, 4.69) is 16.7 Å². The van der Waals surface area contributed by atoms with E-state index in [4.69, 9.17) is 4.74 Å². The van der Waals surface area contributed by atoms with Gasteiger partial charge in [0.15, 0.2) is 0 Å². The number of methoxy groups -OCH3 is 1. The van der Waals surface area contributed by atoms with E-state index >= 15 is 0 Å². The summed E-state index contributed by atoms with van der Waals surface area (Å²) in [6.45, 7) is 1.80. The Morgan fingerprint density at radius 1 is 1.24 bits per heavy atom. The van der Waals surface area contributed by atoms with Gasteiger partial charge in [-0.15, -0.1) is 0 Å². The molecule has 0 saturated carbocycles. The summed E-state index contributed by atoms with van der Waals surface area (Å²) in [5, 5.41) is 6.35. The van der Waals surface area contributed by atoms with Crippen molar-refractivity contribution in [1.82, 2.24) is 5.32 Å². The molecule has 2 aromatic carbocycles. The molecule has 3 rings (SSSR count). The Morgan fingerprint density at radius 2 is 2.10 bits per heavy atom. The summed E-state index contributed by atoms with van der Waals surface area (Å²) in [4.78, 5) is 12.4. The molecule has 0 unspecified atom stereocenters. The van der Waals surface area contributed by atoms with Crippen LogP contribution in [0, 0.1) is 0 Å². The topological polar surface area (TPSA) is 50.4 Å². The number of fused-ring (bicyclic) bond motifs is 1. The zero-order chi connectivity index (χ0) is 14.7. The number of anilines is 1. The van der Waals surface area contributed by atoms with Gasteiger partial charge < -0.3 is 15.4 Å². The van der Waals surface area contributed by atoms with Crippen molar-refractivity contribution in [3.63, 3.8) is 0 Å². The Hall–Kier alpha value is -2.33. The molecule has 0 radical (unpaired) electrons. The third-order valence-electron chi connectivity index (χ3n) is 3.72. The van der Waals surface area contributed by atoms with Crippen LogP contribution >= 0.6 is 0 Å². The van der Waals surface area contributed by atoms with E-state index in [1.165, 1.54) is 11.1 Å². The van der Waals surface area contributed by atoms with E-state index in [9.17, 15) is 4.79 Å². The quantitative estimate of drug-likeness (QED) is 0.909. The predicted octanol–water partition coefficient (Wildman–Crippen LogP) is 2.59. The van der Waals surface area contributed by atoms with Crippen LogP contribution in [0.1, 0.15) is 21.5 Å². The number of amides is 1. The number of hydrogen-bond donors (Lipinski definition) is 2. The Morgan fingerprint density at radius 3 is 2.95 bits per heavy atom. The van der Waals surface area contributed by atoms with Crippen LogP contribution < -0.4 is 15.4 Å². The number of carbonyl (C=O) groups is 1. The van der Waals surface area contributed by atoms with Crippen LogP contribution in [0.15, 0.2) is 42.5 Å². The second kappa shape index (κ2) is 5.97. The first kappa shape index (κ1) is 13.6. The predicted molar refractivity (Wildman–Crippen MR) is 82.8 cm³/mol. The van der Waals surface area contributed by atoms with Crippen LogP contribution in [0.2, 0.25) is 0 Å². The monoisotopic (exact) mass is 282 g/mol. The molecule has 108 valence electrons. The van der Waals surface area contributed by atoms with Gasteiger partial charge in [0.25, 0.3) is 5.91 Å². The molecule has 1 aliphatic rings. The fraction of sp³-hybridized carbons (Fsp3) is 0.235. The lowest BCUT2D eigenvalue weighted by Crippen LogP contribution is -2.25. The van der Waals surface area contributed by atoms with Gasteiger partial charge in [-0.2, -0.15) is 0 Å². The first-order valence-corrected chi connectivity index (χ1v) is 7.05. The maximum atomic E-state index is 12.4. The third kappa shape index (κ3) is 2.90. The van der Waals surface area contributed by atoms with Gasteiger partial charge in [-0.1, -0.05) is 18.2 Å². The molecule has 1 heterocycles. The minimum absolute atomic E-state index is 0.110. The van der Waals surface area contributed by atoms with Crippen molar-refractivity contribution in [2.24, 2.45) is 0 Å². The lowest BCUT2D eigenvalue weighted by Gasteiger charge is -2.20. The summed E-state index contributed by atoms with van der Waals surface area (Å²) in [6.07, 6.45) is 0.934. The van der Waals surface area contributed by atoms with E-state index in [0.29, 0.717) is 11.3 Å². The molecular weight excluding hydrogens is 264 g/mol. The molecule has 2 N–H and O–H groups in total. The summed E-state index contributed by atoms with van der Waals surface area (Å²) in [5.41, 5.74) is 3.99. The molecule has 4 heteroatoms. The van der Waals surface area contributed by atoms with Crippen molar-refractivity contribution in [3.8, 4) is 5.75 Å². The summed E-state index contributed by atoms with van der Waals surface area (Å²) in [5.74, 6) is 0.572. The van der Waals surface area contributed by atoms with Crippen LogP contribution in [0.25, 0.3) is 0 Å². The van der Waals surface area contributed by atoms with Crippen LogP contribution in [-0.2, 0) is 13.0 Å². The molecule has 1 aliphatic heterocycles. The van der Waals surface area contributed by atoms with E-state index in [0.717, 1.165) is 25.2 Å². The van der Waals surface area contributed by atoms with E-state index in [1.54, 1.807) is 19.2 Å². The van der Waals surface area contributed by atoms with Crippen molar-refractivity contribution in [3.05, 3.63) is 59.2 Å². The lowest BCUT2D eigenvalue weighted by molar-refractivity contribution is 0.102. The average molecular weight is 282 g/mol. The average Bonchev–Trinajstić information content (AvgIpc) is 2.55. The fourth-order valence-electron chi connectivity index (χ4n) is 2.61. The maximum Gasteiger partial charge on any atom is 0.255 e. The molecule has 0 bridgehead atoms. The minimum atomic E-state index is -0.110. The molecule has 0 atom stereocenters. The largest absolute Gasteiger partial charge is 0.497 e. The van der Waals surface area contributed by atoms with Gasteiger partial charge in [0, 0.05) is 17.8 Å². The van der Waals surface area contributed by atoms with E-state index < -0.39 is 0 Å². The number of ether oxygens (including phenoxy) is 1. The van der Waals surface area contributed by atoms with Crippen LogP contribution in [-0.4, -0.2) is 19.6 Å². The maximum absolute atomic E-state index is 12.4. The molecule has 21 heavy (non-hydrogen) atoms. The molecule has 0 saturated heterocycles. The van der Waals surface area contributed by atoms with Crippen molar-refractivity contribution in [1.29, 1.82) is 0 Å². The molecule has 2 aromatic rings. The van der Waals surface area contributed by atoms with Gasteiger partial charge in [0.1, 0.15) is 5.75 Å². The highest BCUT2D eigenvalue weighted by molar-refractivity contribution is 6.05. The van der Waals surface area contributed by atoms with E-state index in [1.807, 2.05) is 24.3 Å². The smallest absolute Gasteiger partial charge is 0.255 e. The summed E-state index contributed by atoms with van der Waals surface area (Å²) < 4.78 is 5.16. The summed E-state index contributed by atoms with van der Waals surface area (Å²) in [7, 11) is 1.59. The molecule has 0 fully saturated rings. The van der Waals surface area contributed by atoms with Gasteiger partial charge >= 0.3 is 0 Å². The molecular formula is C17H18N2O2. The van der Waals surface area contributed by atoms with Gasteiger partial charge in [-0.25, -0.2) is 0 Å². The SMILES string of the molecule is COc1cccc(C(=O)Nc2cccc3c2CCNC3)c1. The Balaban J connectivity index is 1.84. The van der Waals surface area contributed by atoms with E-state index in [-0.39, 0.29) is 5.91 Å². The van der Waals surface area contributed by atoms with Gasteiger partial charge in [-0.3, -0.25) is 4.79 Å². The first-order valence-electron chi connectivity index (χ1n) is 7.05. The highest BCUT2D eigenvalue weighted by atomic mass is 16.5. The molecule has 0 spiro atoms. The van der Waals surface area contributed by atoms with Crippen molar-refractivity contribution >= 4 is 11.6 Å². The molecule has 4 nitrogen and oxygen atoms in total.